The average molecular weight is 216 g/mol. The fourth-order valence-corrected chi connectivity index (χ4v) is 1.39. The molecule has 0 radical (unpaired) electrons. The molecule has 0 heterocycles. The number of para-hydroxylation sites is 3. The zero-order chi connectivity index (χ0) is 11.5. The van der Waals surface area contributed by atoms with Gasteiger partial charge in [0, 0.05) is 0 Å². The molecule has 16 heavy (non-hydrogen) atoms. The molecular weight excluding hydrogens is 204 g/mol. The van der Waals surface area contributed by atoms with Crippen LogP contribution in [0, 0.1) is 0 Å². The second kappa shape index (κ2) is 4.02. The minimum Gasteiger partial charge on any atom is -0.506 e. The molecule has 4 nitrogen and oxygen atoms in total. The summed E-state index contributed by atoms with van der Waals surface area (Å²) in [4.78, 5) is 0. The molecular formula is C12H12N2O2. The van der Waals surface area contributed by atoms with E-state index in [0.29, 0.717) is 17.1 Å². The van der Waals surface area contributed by atoms with E-state index in [1.54, 1.807) is 42.5 Å². The van der Waals surface area contributed by atoms with Gasteiger partial charge in [0.25, 0.3) is 0 Å². The van der Waals surface area contributed by atoms with Gasteiger partial charge >= 0.3 is 0 Å². The molecule has 0 atom stereocenters. The Hall–Kier alpha value is -2.36. The lowest BCUT2D eigenvalue weighted by atomic mass is 10.2. The van der Waals surface area contributed by atoms with Crippen LogP contribution >= 0.6 is 0 Å². The average Bonchev–Trinajstić information content (AvgIpc) is 2.28. The Labute approximate surface area is 93.0 Å². The topological polar surface area (TPSA) is 78.5 Å². The van der Waals surface area contributed by atoms with Crippen LogP contribution in [0.4, 0.5) is 17.1 Å². The first-order chi connectivity index (χ1) is 7.68. The summed E-state index contributed by atoms with van der Waals surface area (Å²) in [5, 5.41) is 22.1. The monoisotopic (exact) mass is 216 g/mol. The van der Waals surface area contributed by atoms with E-state index in [9.17, 15) is 10.2 Å². The molecule has 0 unspecified atom stereocenters. The van der Waals surface area contributed by atoms with Gasteiger partial charge in [-0.3, -0.25) is 0 Å². The lowest BCUT2D eigenvalue weighted by molar-refractivity contribution is 0.476. The molecule has 0 saturated heterocycles. The molecule has 2 aromatic rings. The fraction of sp³-hybridized carbons (Fsp3) is 0. The molecule has 0 fully saturated rings. The molecule has 4 heteroatoms. The number of anilines is 3. The van der Waals surface area contributed by atoms with Crippen molar-refractivity contribution in [2.45, 2.75) is 0 Å². The number of hydrogen-bond donors (Lipinski definition) is 4. The van der Waals surface area contributed by atoms with Crippen LogP contribution in [0.2, 0.25) is 0 Å². The Morgan fingerprint density at radius 1 is 0.875 bits per heavy atom. The van der Waals surface area contributed by atoms with Gasteiger partial charge < -0.3 is 21.3 Å². The highest BCUT2D eigenvalue weighted by molar-refractivity contribution is 5.75. The van der Waals surface area contributed by atoms with Gasteiger partial charge in [0.1, 0.15) is 5.75 Å². The van der Waals surface area contributed by atoms with E-state index in [-0.39, 0.29) is 11.5 Å². The third-order valence-electron chi connectivity index (χ3n) is 2.24. The molecule has 2 aromatic carbocycles. The molecule has 0 spiro atoms. The highest BCUT2D eigenvalue weighted by Crippen LogP contribution is 2.34. The first-order valence-corrected chi connectivity index (χ1v) is 4.81. The third-order valence-corrected chi connectivity index (χ3v) is 2.24. The molecule has 0 aliphatic rings. The number of nitrogens with two attached hydrogens (primary N) is 1. The second-order valence-corrected chi connectivity index (χ2v) is 3.39. The molecule has 0 saturated carbocycles. The highest BCUT2D eigenvalue weighted by atomic mass is 16.3. The predicted molar refractivity (Wildman–Crippen MR) is 63.9 cm³/mol. The van der Waals surface area contributed by atoms with Crippen LogP contribution in [-0.2, 0) is 0 Å². The number of benzene rings is 2. The van der Waals surface area contributed by atoms with E-state index in [4.69, 9.17) is 5.73 Å². The van der Waals surface area contributed by atoms with Crippen LogP contribution in [0.1, 0.15) is 0 Å². The van der Waals surface area contributed by atoms with Gasteiger partial charge in [0.15, 0.2) is 5.75 Å². The number of phenolic OH excluding ortho intramolecular Hbond substituents is 2. The number of rotatable bonds is 2. The van der Waals surface area contributed by atoms with Crippen molar-refractivity contribution < 1.29 is 10.2 Å². The maximum Gasteiger partial charge on any atom is 0.162 e. The first-order valence-electron chi connectivity index (χ1n) is 4.81. The van der Waals surface area contributed by atoms with Crippen molar-refractivity contribution in [3.8, 4) is 11.5 Å². The standard InChI is InChI=1S/C12H12N2O2/c13-8-4-3-6-10(12(8)16)14-9-5-1-2-7-11(9)15/h1-7,14-16H,13H2. The summed E-state index contributed by atoms with van der Waals surface area (Å²) in [6, 6.07) is 11.8. The molecule has 82 valence electrons. The largest absolute Gasteiger partial charge is 0.506 e. The van der Waals surface area contributed by atoms with Gasteiger partial charge in [0.2, 0.25) is 0 Å². The summed E-state index contributed by atoms with van der Waals surface area (Å²) in [7, 11) is 0. The van der Waals surface area contributed by atoms with Crippen molar-refractivity contribution in [2.24, 2.45) is 0 Å². The molecule has 2 rings (SSSR count). The quantitative estimate of drug-likeness (QED) is 0.459. The molecule has 0 aliphatic heterocycles. The van der Waals surface area contributed by atoms with Gasteiger partial charge in [-0.1, -0.05) is 18.2 Å². The Morgan fingerprint density at radius 2 is 1.56 bits per heavy atom. The summed E-state index contributed by atoms with van der Waals surface area (Å²) in [5.41, 5.74) is 6.83. The number of nitrogens with one attached hydrogen (secondary N) is 1. The summed E-state index contributed by atoms with van der Waals surface area (Å²) >= 11 is 0. The van der Waals surface area contributed by atoms with Gasteiger partial charge in [-0.25, -0.2) is 0 Å². The molecule has 0 aromatic heterocycles. The van der Waals surface area contributed by atoms with E-state index in [1.165, 1.54) is 0 Å². The fourth-order valence-electron chi connectivity index (χ4n) is 1.39. The molecule has 0 amide bonds. The maximum atomic E-state index is 9.68. The van der Waals surface area contributed by atoms with E-state index in [1.807, 2.05) is 0 Å². The summed E-state index contributed by atoms with van der Waals surface area (Å²) < 4.78 is 0. The Bertz CT molecular complexity index is 512. The molecule has 5 N–H and O–H groups in total. The van der Waals surface area contributed by atoms with Crippen molar-refractivity contribution in [1.29, 1.82) is 0 Å². The lowest BCUT2D eigenvalue weighted by Crippen LogP contribution is -1.93. The zero-order valence-electron chi connectivity index (χ0n) is 8.51. The number of hydrogen-bond acceptors (Lipinski definition) is 4. The van der Waals surface area contributed by atoms with E-state index < -0.39 is 0 Å². The van der Waals surface area contributed by atoms with Crippen molar-refractivity contribution in [3.05, 3.63) is 42.5 Å². The third kappa shape index (κ3) is 1.86. The normalized spacial score (nSPS) is 10.0. The maximum absolute atomic E-state index is 9.68. The number of nitrogen functional groups attached to an aromatic ring is 1. The minimum absolute atomic E-state index is 0.0225. The number of aromatic hydroxyl groups is 2. The van der Waals surface area contributed by atoms with Crippen LogP contribution < -0.4 is 11.1 Å². The van der Waals surface area contributed by atoms with E-state index in [0.717, 1.165) is 0 Å². The van der Waals surface area contributed by atoms with E-state index >= 15 is 0 Å². The van der Waals surface area contributed by atoms with Crippen LogP contribution in [0.15, 0.2) is 42.5 Å². The smallest absolute Gasteiger partial charge is 0.162 e. The first kappa shape index (κ1) is 10.2. The Kier molecular flexibility index (Phi) is 2.55. The number of phenols is 2. The highest BCUT2D eigenvalue weighted by Gasteiger charge is 2.06. The summed E-state index contributed by atoms with van der Waals surface area (Å²) in [6.07, 6.45) is 0. The Balaban J connectivity index is 2.35. The van der Waals surface area contributed by atoms with Crippen LogP contribution in [0.3, 0.4) is 0 Å². The van der Waals surface area contributed by atoms with Gasteiger partial charge in [-0.15, -0.1) is 0 Å². The molecule has 0 aliphatic carbocycles. The van der Waals surface area contributed by atoms with E-state index in [2.05, 4.69) is 5.32 Å². The van der Waals surface area contributed by atoms with Crippen LogP contribution in [0.25, 0.3) is 0 Å². The minimum atomic E-state index is -0.0225. The summed E-state index contributed by atoms with van der Waals surface area (Å²) in [5.74, 6) is 0.0927. The van der Waals surface area contributed by atoms with Gasteiger partial charge in [-0.05, 0) is 24.3 Å². The van der Waals surface area contributed by atoms with Crippen molar-refractivity contribution in [2.75, 3.05) is 11.1 Å². The summed E-state index contributed by atoms with van der Waals surface area (Å²) in [6.45, 7) is 0. The SMILES string of the molecule is Nc1cccc(Nc2ccccc2O)c1O. The van der Waals surface area contributed by atoms with Gasteiger partial charge in [-0.2, -0.15) is 0 Å². The van der Waals surface area contributed by atoms with Gasteiger partial charge in [0.05, 0.1) is 17.1 Å². The lowest BCUT2D eigenvalue weighted by Gasteiger charge is -2.10. The zero-order valence-corrected chi connectivity index (χ0v) is 8.51. The van der Waals surface area contributed by atoms with Crippen LogP contribution in [0.5, 0.6) is 11.5 Å². The second-order valence-electron chi connectivity index (χ2n) is 3.39. The van der Waals surface area contributed by atoms with Crippen molar-refractivity contribution >= 4 is 17.1 Å². The van der Waals surface area contributed by atoms with Crippen LogP contribution in [-0.4, -0.2) is 10.2 Å². The Morgan fingerprint density at radius 3 is 2.31 bits per heavy atom. The van der Waals surface area contributed by atoms with Crippen molar-refractivity contribution in [3.63, 3.8) is 0 Å². The van der Waals surface area contributed by atoms with Crippen molar-refractivity contribution in [1.82, 2.24) is 0 Å². The molecule has 0 bridgehead atoms. The predicted octanol–water partition coefficient (Wildman–Crippen LogP) is 2.42.